The number of rotatable bonds is 8. The summed E-state index contributed by atoms with van der Waals surface area (Å²) in [5, 5.41) is 9.56. The average Bonchev–Trinajstić information content (AvgIpc) is 3.35. The number of nitrogens with one attached hydrogen (secondary N) is 2. The van der Waals surface area contributed by atoms with Gasteiger partial charge in [0.05, 0.1) is 23.2 Å². The predicted molar refractivity (Wildman–Crippen MR) is 168 cm³/mol. The lowest BCUT2D eigenvalue weighted by molar-refractivity contribution is -0.154. The molecule has 1 fully saturated rings. The smallest absolute Gasteiger partial charge is 0.408 e. The quantitative estimate of drug-likeness (QED) is 0.164. The molecule has 14 heteroatoms. The van der Waals surface area contributed by atoms with Gasteiger partial charge in [0.25, 0.3) is 11.8 Å². The number of amides is 2. The second-order valence-electron chi connectivity index (χ2n) is 12.2. The molecule has 0 saturated carbocycles. The van der Waals surface area contributed by atoms with Crippen molar-refractivity contribution < 1.29 is 36.7 Å². The molecule has 0 aliphatic carbocycles. The Kier molecular flexibility index (Phi) is 9.50. The van der Waals surface area contributed by atoms with E-state index in [2.05, 4.69) is 25.6 Å². The van der Waals surface area contributed by atoms with E-state index in [4.69, 9.17) is 4.74 Å². The molecule has 0 unspecified atom stereocenters. The van der Waals surface area contributed by atoms with Crippen molar-refractivity contribution in [2.45, 2.75) is 64.8 Å². The van der Waals surface area contributed by atoms with Crippen molar-refractivity contribution in [2.75, 3.05) is 28.6 Å². The summed E-state index contributed by atoms with van der Waals surface area (Å²) < 4.78 is 59.9. The molecule has 248 valence electrons. The van der Waals surface area contributed by atoms with Gasteiger partial charge in [-0.25, -0.2) is 14.1 Å². The topological polar surface area (TPSA) is 118 Å². The van der Waals surface area contributed by atoms with Gasteiger partial charge in [-0.2, -0.15) is 18.3 Å². The highest BCUT2D eigenvalue weighted by atomic mass is 19.4. The van der Waals surface area contributed by atoms with E-state index >= 15 is 0 Å². The molecular formula is C33H34F4N6O4. The van der Waals surface area contributed by atoms with E-state index < -0.39 is 41.9 Å². The highest BCUT2D eigenvalue weighted by Gasteiger charge is 2.31. The van der Waals surface area contributed by atoms with Gasteiger partial charge in [-0.1, -0.05) is 0 Å². The van der Waals surface area contributed by atoms with Crippen LogP contribution in [0.15, 0.2) is 54.7 Å². The number of halogens is 4. The Bertz CT molecular complexity index is 1810. The second kappa shape index (κ2) is 13.4. The number of esters is 1. The van der Waals surface area contributed by atoms with Gasteiger partial charge in [0, 0.05) is 30.5 Å². The molecule has 2 aromatic heterocycles. The Labute approximate surface area is 268 Å². The maximum atomic E-state index is 14.1. The summed E-state index contributed by atoms with van der Waals surface area (Å²) in [5.41, 5.74) is 0.296. The van der Waals surface area contributed by atoms with Gasteiger partial charge in [0.1, 0.15) is 18.0 Å². The zero-order valence-electron chi connectivity index (χ0n) is 26.1. The third-order valence-electron chi connectivity index (χ3n) is 7.33. The molecule has 0 atom stereocenters. The van der Waals surface area contributed by atoms with Crippen molar-refractivity contribution in [2.24, 2.45) is 0 Å². The van der Waals surface area contributed by atoms with Crippen LogP contribution >= 0.6 is 0 Å². The normalized spacial score (nSPS) is 13.8. The van der Waals surface area contributed by atoms with Gasteiger partial charge >= 0.3 is 12.1 Å². The molecule has 4 aromatic rings. The largest absolute Gasteiger partial charge is 0.460 e. The molecule has 2 N–H and O–H groups in total. The zero-order chi connectivity index (χ0) is 33.9. The zero-order valence-corrected chi connectivity index (χ0v) is 26.1. The van der Waals surface area contributed by atoms with Gasteiger partial charge in [0.15, 0.2) is 11.3 Å². The van der Waals surface area contributed by atoms with Gasteiger partial charge in [-0.3, -0.25) is 14.4 Å². The summed E-state index contributed by atoms with van der Waals surface area (Å²) in [4.78, 5) is 45.6. The summed E-state index contributed by atoms with van der Waals surface area (Å²) in [6.07, 6.45) is -0.696. The maximum Gasteiger partial charge on any atom is 0.408 e. The third kappa shape index (κ3) is 8.43. The lowest BCUT2D eigenvalue weighted by Gasteiger charge is -2.30. The predicted octanol–water partition coefficient (Wildman–Crippen LogP) is 6.51. The Morgan fingerprint density at radius 1 is 0.915 bits per heavy atom. The van der Waals surface area contributed by atoms with Crippen LogP contribution < -0.4 is 15.5 Å². The van der Waals surface area contributed by atoms with E-state index in [0.717, 1.165) is 31.4 Å². The lowest BCUT2D eigenvalue weighted by atomic mass is 10.1. The van der Waals surface area contributed by atoms with Crippen LogP contribution in [0.3, 0.4) is 0 Å². The van der Waals surface area contributed by atoms with Crippen molar-refractivity contribution >= 4 is 45.9 Å². The number of nitrogens with zero attached hydrogens (tertiary/aromatic N) is 4. The summed E-state index contributed by atoms with van der Waals surface area (Å²) in [5.74, 6) is -2.59. The lowest BCUT2D eigenvalue weighted by Crippen LogP contribution is -2.30. The molecular weight excluding hydrogens is 620 g/mol. The highest BCUT2D eigenvalue weighted by Crippen LogP contribution is 2.32. The summed E-state index contributed by atoms with van der Waals surface area (Å²) in [6.45, 7) is 5.09. The van der Waals surface area contributed by atoms with E-state index in [-0.39, 0.29) is 45.6 Å². The maximum absolute atomic E-state index is 14.1. The molecule has 0 radical (unpaired) electrons. The monoisotopic (exact) mass is 654 g/mol. The number of hydrogen-bond donors (Lipinski definition) is 2. The Hall–Kier alpha value is -5.01. The fraction of sp³-hybridized carbons (Fsp3) is 0.364. The molecule has 47 heavy (non-hydrogen) atoms. The van der Waals surface area contributed by atoms with Crippen molar-refractivity contribution in [1.82, 2.24) is 14.8 Å². The first-order valence-corrected chi connectivity index (χ1v) is 15.1. The number of hydrogen-bond acceptors (Lipinski definition) is 7. The molecule has 1 aliphatic heterocycles. The minimum absolute atomic E-state index is 0.0964. The van der Waals surface area contributed by atoms with Crippen LogP contribution in [0.25, 0.3) is 11.0 Å². The standard InChI is InChI=1S/C33H34F4N6O4/c1-32(2,3)47-27(44)18-21-16-22(34)10-11-24(21)39-30(45)20-9-12-26(42-14-5-4-6-15-42)25(17-20)40-31(46)28-23-8-7-13-38-29(23)43(41-28)19-33(35,36)37/h7-13,16-17H,4-6,14-15,18-19H2,1-3H3,(H,39,45)(H,40,46). The van der Waals surface area contributed by atoms with Gasteiger partial charge in [-0.05, 0) is 94.1 Å². The minimum atomic E-state index is -4.59. The second-order valence-corrected chi connectivity index (χ2v) is 12.2. The fourth-order valence-corrected chi connectivity index (χ4v) is 5.38. The Morgan fingerprint density at radius 2 is 1.64 bits per heavy atom. The summed E-state index contributed by atoms with van der Waals surface area (Å²) >= 11 is 0. The first-order chi connectivity index (χ1) is 22.2. The van der Waals surface area contributed by atoms with Crippen molar-refractivity contribution in [3.05, 3.63) is 77.4 Å². The number of pyridine rings is 1. The summed E-state index contributed by atoms with van der Waals surface area (Å²) in [6, 6.07) is 11.3. The van der Waals surface area contributed by atoms with E-state index in [1.54, 1.807) is 32.9 Å². The van der Waals surface area contributed by atoms with Crippen LogP contribution in [-0.4, -0.2) is 57.4 Å². The van der Waals surface area contributed by atoms with Crippen molar-refractivity contribution in [3.8, 4) is 0 Å². The number of ether oxygens (including phenoxy) is 1. The van der Waals surface area contributed by atoms with E-state index in [1.807, 2.05) is 0 Å². The van der Waals surface area contributed by atoms with E-state index in [0.29, 0.717) is 23.5 Å². The molecule has 1 aliphatic rings. The first-order valence-electron chi connectivity index (χ1n) is 15.1. The summed E-state index contributed by atoms with van der Waals surface area (Å²) in [7, 11) is 0. The number of anilines is 3. The van der Waals surface area contributed by atoms with Crippen molar-refractivity contribution in [3.63, 3.8) is 0 Å². The molecule has 0 bridgehead atoms. The van der Waals surface area contributed by atoms with Gasteiger partial charge < -0.3 is 20.3 Å². The Morgan fingerprint density at radius 3 is 2.34 bits per heavy atom. The minimum Gasteiger partial charge on any atom is -0.460 e. The number of carbonyl (C=O) groups excluding carboxylic acids is 3. The molecule has 2 aromatic carbocycles. The Balaban J connectivity index is 1.45. The van der Waals surface area contributed by atoms with Crippen LogP contribution in [0.1, 0.15) is 66.4 Å². The molecule has 3 heterocycles. The number of benzene rings is 2. The number of piperidine rings is 1. The molecule has 5 rings (SSSR count). The molecule has 10 nitrogen and oxygen atoms in total. The van der Waals surface area contributed by atoms with Gasteiger partial charge in [-0.15, -0.1) is 0 Å². The number of carbonyl (C=O) groups is 3. The number of aromatic nitrogens is 3. The molecule has 2 amide bonds. The van der Waals surface area contributed by atoms with Crippen LogP contribution in [-0.2, 0) is 22.5 Å². The van der Waals surface area contributed by atoms with Crippen LogP contribution in [0.5, 0.6) is 0 Å². The van der Waals surface area contributed by atoms with Crippen LogP contribution in [0.2, 0.25) is 0 Å². The number of fused-ring (bicyclic) bond motifs is 1. The number of alkyl halides is 3. The molecule has 1 saturated heterocycles. The first kappa shape index (κ1) is 33.4. The van der Waals surface area contributed by atoms with Crippen LogP contribution in [0.4, 0.5) is 34.6 Å². The van der Waals surface area contributed by atoms with E-state index in [1.165, 1.54) is 30.5 Å². The highest BCUT2D eigenvalue weighted by molar-refractivity contribution is 6.13. The fourth-order valence-electron chi connectivity index (χ4n) is 5.38. The van der Waals surface area contributed by atoms with Crippen molar-refractivity contribution in [1.29, 1.82) is 0 Å². The third-order valence-corrected chi connectivity index (χ3v) is 7.33. The SMILES string of the molecule is CC(C)(C)OC(=O)Cc1cc(F)ccc1NC(=O)c1ccc(N2CCCCC2)c(NC(=O)c2nn(CC(F)(F)F)c3ncccc23)c1. The average molecular weight is 655 g/mol. The van der Waals surface area contributed by atoms with Gasteiger partial charge in [0.2, 0.25) is 0 Å². The molecule has 0 spiro atoms. The van der Waals surface area contributed by atoms with E-state index in [9.17, 15) is 31.9 Å². The van der Waals surface area contributed by atoms with Crippen LogP contribution in [0, 0.1) is 5.82 Å².